The number of phenols is 2. The van der Waals surface area contributed by atoms with Gasteiger partial charge in [0.2, 0.25) is 0 Å². The smallest absolute Gasteiger partial charge is 0.267 e. The number of rotatable bonds is 6. The first kappa shape index (κ1) is 20.5. The molecule has 0 spiro atoms. The molecule has 3 rings (SSSR count). The number of aryl methyl sites for hydroxylation is 1. The summed E-state index contributed by atoms with van der Waals surface area (Å²) in [5.41, 5.74) is 4.82. The van der Waals surface area contributed by atoms with E-state index in [0.29, 0.717) is 24.3 Å². The standard InChI is InChI=1S/C24H28N2O3/c1-5-25-24(29)21-11-10-20(26(21)14-17-8-6-16(4)7-9-17)19-12-18(15(2)3)22(27)13-23(19)28/h6-13,15,27-28H,5,14H2,1-4H3,(H,25,29). The Balaban J connectivity index is 2.15. The summed E-state index contributed by atoms with van der Waals surface area (Å²) < 4.78 is 1.91. The molecule has 152 valence electrons. The van der Waals surface area contributed by atoms with Gasteiger partial charge in [0.15, 0.2) is 0 Å². The molecule has 3 aromatic rings. The summed E-state index contributed by atoms with van der Waals surface area (Å²) in [4.78, 5) is 12.6. The van der Waals surface area contributed by atoms with Gasteiger partial charge in [-0.25, -0.2) is 0 Å². The van der Waals surface area contributed by atoms with Crippen molar-refractivity contribution in [1.82, 2.24) is 9.88 Å². The van der Waals surface area contributed by atoms with Crippen molar-refractivity contribution in [1.29, 1.82) is 0 Å². The molecule has 0 radical (unpaired) electrons. The Morgan fingerprint density at radius 3 is 2.34 bits per heavy atom. The number of nitrogens with zero attached hydrogens (tertiary/aromatic N) is 1. The summed E-state index contributed by atoms with van der Waals surface area (Å²) in [6.45, 7) is 8.92. The van der Waals surface area contributed by atoms with Crippen molar-refractivity contribution in [3.63, 3.8) is 0 Å². The lowest BCUT2D eigenvalue weighted by atomic mass is 9.97. The molecule has 1 heterocycles. The van der Waals surface area contributed by atoms with Crippen LogP contribution in [0.4, 0.5) is 0 Å². The lowest BCUT2D eigenvalue weighted by Crippen LogP contribution is -2.25. The van der Waals surface area contributed by atoms with E-state index in [4.69, 9.17) is 0 Å². The molecule has 0 saturated carbocycles. The quantitative estimate of drug-likeness (QED) is 0.564. The van der Waals surface area contributed by atoms with Gasteiger partial charge in [-0.3, -0.25) is 4.79 Å². The highest BCUT2D eigenvalue weighted by molar-refractivity contribution is 5.94. The number of nitrogens with one attached hydrogen (secondary N) is 1. The summed E-state index contributed by atoms with van der Waals surface area (Å²) in [5, 5.41) is 23.6. The molecule has 0 saturated heterocycles. The number of aromatic hydroxyl groups is 2. The monoisotopic (exact) mass is 392 g/mol. The third-order valence-electron chi connectivity index (χ3n) is 5.05. The molecular weight excluding hydrogens is 364 g/mol. The van der Waals surface area contributed by atoms with E-state index >= 15 is 0 Å². The highest BCUT2D eigenvalue weighted by Crippen LogP contribution is 2.38. The van der Waals surface area contributed by atoms with Crippen LogP contribution in [0, 0.1) is 6.92 Å². The highest BCUT2D eigenvalue weighted by atomic mass is 16.3. The van der Waals surface area contributed by atoms with E-state index in [-0.39, 0.29) is 23.3 Å². The van der Waals surface area contributed by atoms with Crippen molar-refractivity contribution in [2.75, 3.05) is 6.54 Å². The largest absolute Gasteiger partial charge is 0.508 e. The fraction of sp³-hybridized carbons (Fsp3) is 0.292. The summed E-state index contributed by atoms with van der Waals surface area (Å²) in [7, 11) is 0. The summed E-state index contributed by atoms with van der Waals surface area (Å²) in [5.74, 6) is -0.00891. The summed E-state index contributed by atoms with van der Waals surface area (Å²) in [6.07, 6.45) is 0. The van der Waals surface area contributed by atoms with Gasteiger partial charge in [0.05, 0.1) is 5.69 Å². The molecule has 0 atom stereocenters. The molecule has 0 aliphatic rings. The molecule has 1 aromatic heterocycles. The van der Waals surface area contributed by atoms with Crippen LogP contribution < -0.4 is 5.32 Å². The van der Waals surface area contributed by atoms with Crippen LogP contribution in [-0.2, 0) is 6.54 Å². The third kappa shape index (κ3) is 4.29. The number of phenolic OH excluding ortho intramolecular Hbond substituents is 2. The third-order valence-corrected chi connectivity index (χ3v) is 5.05. The number of carbonyl (C=O) groups excluding carboxylic acids is 1. The van der Waals surface area contributed by atoms with E-state index in [1.807, 2.05) is 62.6 Å². The van der Waals surface area contributed by atoms with Gasteiger partial charge in [-0.2, -0.15) is 0 Å². The molecule has 0 aliphatic carbocycles. The molecule has 29 heavy (non-hydrogen) atoms. The van der Waals surface area contributed by atoms with Crippen LogP contribution in [0.3, 0.4) is 0 Å². The number of benzene rings is 2. The van der Waals surface area contributed by atoms with Gasteiger partial charge >= 0.3 is 0 Å². The van der Waals surface area contributed by atoms with Crippen molar-refractivity contribution in [2.24, 2.45) is 0 Å². The average Bonchev–Trinajstić information content (AvgIpc) is 3.07. The van der Waals surface area contributed by atoms with Crippen LogP contribution in [0.15, 0.2) is 48.5 Å². The van der Waals surface area contributed by atoms with Crippen LogP contribution in [0.25, 0.3) is 11.3 Å². The lowest BCUT2D eigenvalue weighted by Gasteiger charge is -2.17. The Morgan fingerprint density at radius 1 is 1.03 bits per heavy atom. The Morgan fingerprint density at radius 2 is 1.72 bits per heavy atom. The molecule has 0 bridgehead atoms. The first-order valence-corrected chi connectivity index (χ1v) is 9.91. The number of hydrogen-bond acceptors (Lipinski definition) is 3. The fourth-order valence-electron chi connectivity index (χ4n) is 3.46. The number of aromatic nitrogens is 1. The minimum absolute atomic E-state index is 0.0161. The van der Waals surface area contributed by atoms with Gasteiger partial charge in [-0.1, -0.05) is 43.7 Å². The van der Waals surface area contributed by atoms with E-state index in [9.17, 15) is 15.0 Å². The van der Waals surface area contributed by atoms with E-state index in [1.165, 1.54) is 11.6 Å². The van der Waals surface area contributed by atoms with Gasteiger partial charge in [-0.15, -0.1) is 0 Å². The number of carbonyl (C=O) groups is 1. The predicted octanol–water partition coefficient (Wildman–Crippen LogP) is 4.80. The number of amides is 1. The molecule has 2 aromatic carbocycles. The van der Waals surface area contributed by atoms with Gasteiger partial charge in [0.25, 0.3) is 5.91 Å². The summed E-state index contributed by atoms with van der Waals surface area (Å²) >= 11 is 0. The van der Waals surface area contributed by atoms with Crippen LogP contribution in [0.1, 0.15) is 53.9 Å². The van der Waals surface area contributed by atoms with Gasteiger partial charge in [0.1, 0.15) is 17.2 Å². The zero-order valence-electron chi connectivity index (χ0n) is 17.4. The second-order valence-electron chi connectivity index (χ2n) is 7.62. The highest BCUT2D eigenvalue weighted by Gasteiger charge is 2.20. The minimum atomic E-state index is -0.159. The maximum absolute atomic E-state index is 12.6. The molecule has 0 aliphatic heterocycles. The minimum Gasteiger partial charge on any atom is -0.508 e. The fourth-order valence-corrected chi connectivity index (χ4v) is 3.46. The molecular formula is C24H28N2O3. The van der Waals surface area contributed by atoms with Crippen molar-refractivity contribution < 1.29 is 15.0 Å². The first-order chi connectivity index (χ1) is 13.8. The normalized spacial score (nSPS) is 11.1. The predicted molar refractivity (Wildman–Crippen MR) is 116 cm³/mol. The zero-order valence-corrected chi connectivity index (χ0v) is 17.4. The van der Waals surface area contributed by atoms with Crippen molar-refractivity contribution >= 4 is 5.91 Å². The Bertz CT molecular complexity index is 1020. The molecule has 5 nitrogen and oxygen atoms in total. The summed E-state index contributed by atoms with van der Waals surface area (Å²) in [6, 6.07) is 15.0. The maximum atomic E-state index is 12.6. The lowest BCUT2D eigenvalue weighted by molar-refractivity contribution is 0.0947. The van der Waals surface area contributed by atoms with Crippen molar-refractivity contribution in [2.45, 2.75) is 40.2 Å². The maximum Gasteiger partial charge on any atom is 0.267 e. The molecule has 0 fully saturated rings. The van der Waals surface area contributed by atoms with Gasteiger partial charge < -0.3 is 20.1 Å². The van der Waals surface area contributed by atoms with Crippen LogP contribution in [0.5, 0.6) is 11.5 Å². The Kier molecular flexibility index (Phi) is 5.97. The SMILES string of the molecule is CCNC(=O)c1ccc(-c2cc(C(C)C)c(O)cc2O)n1Cc1ccc(C)cc1. The van der Waals surface area contributed by atoms with Gasteiger partial charge in [-0.05, 0) is 49.1 Å². The van der Waals surface area contributed by atoms with Crippen molar-refractivity contribution in [3.05, 3.63) is 70.9 Å². The Hall–Kier alpha value is -3.21. The second kappa shape index (κ2) is 8.43. The van der Waals surface area contributed by atoms with Crippen LogP contribution >= 0.6 is 0 Å². The molecule has 3 N–H and O–H groups in total. The molecule has 0 unspecified atom stereocenters. The zero-order chi connectivity index (χ0) is 21.1. The van der Waals surface area contributed by atoms with Crippen LogP contribution in [0.2, 0.25) is 0 Å². The van der Waals surface area contributed by atoms with Crippen molar-refractivity contribution in [3.8, 4) is 22.8 Å². The first-order valence-electron chi connectivity index (χ1n) is 9.91. The Labute approximate surface area is 171 Å². The topological polar surface area (TPSA) is 74.5 Å². The molecule has 1 amide bonds. The van der Waals surface area contributed by atoms with E-state index in [0.717, 1.165) is 16.8 Å². The van der Waals surface area contributed by atoms with Crippen LogP contribution in [-0.4, -0.2) is 27.2 Å². The van der Waals surface area contributed by atoms with E-state index in [2.05, 4.69) is 5.32 Å². The van der Waals surface area contributed by atoms with E-state index in [1.54, 1.807) is 12.1 Å². The van der Waals surface area contributed by atoms with Gasteiger partial charge in [0, 0.05) is 24.7 Å². The molecule has 5 heteroatoms. The van der Waals surface area contributed by atoms with E-state index < -0.39 is 0 Å². The number of hydrogen-bond donors (Lipinski definition) is 3. The second-order valence-corrected chi connectivity index (χ2v) is 7.62. The average molecular weight is 392 g/mol.